The maximum Gasteiger partial charge on any atom is 0.306 e. The minimum Gasteiger partial charge on any atom is -0.508 e. The first-order valence-corrected chi connectivity index (χ1v) is 7.18. The summed E-state index contributed by atoms with van der Waals surface area (Å²) in [6.07, 6.45) is 1.93. The third-order valence-electron chi connectivity index (χ3n) is 3.58. The lowest BCUT2D eigenvalue weighted by molar-refractivity contribution is -0.888. The summed E-state index contributed by atoms with van der Waals surface area (Å²) in [6.45, 7) is 4.75. The van der Waals surface area contributed by atoms with E-state index in [4.69, 9.17) is 4.74 Å². The molecule has 0 heterocycles. The van der Waals surface area contributed by atoms with Crippen LogP contribution >= 0.6 is 0 Å². The maximum atomic E-state index is 11.6. The van der Waals surface area contributed by atoms with E-state index in [-0.39, 0.29) is 11.7 Å². The van der Waals surface area contributed by atoms with Crippen LogP contribution in [-0.2, 0) is 16.0 Å². The predicted molar refractivity (Wildman–Crippen MR) is 79.5 cm³/mol. The van der Waals surface area contributed by atoms with Gasteiger partial charge in [-0.05, 0) is 31.0 Å². The van der Waals surface area contributed by atoms with E-state index in [0.29, 0.717) is 19.4 Å². The van der Waals surface area contributed by atoms with Crippen LogP contribution in [0.2, 0.25) is 0 Å². The molecule has 0 aliphatic carbocycles. The number of phenolic OH excluding ortho intramolecular Hbond substituents is 1. The molecule has 1 aromatic rings. The lowest BCUT2D eigenvalue weighted by atomic mass is 10.1. The summed E-state index contributed by atoms with van der Waals surface area (Å²) in [6, 6.07) is 6.91. The summed E-state index contributed by atoms with van der Waals surface area (Å²) in [7, 11) is 4.35. The molecule has 0 saturated carbocycles. The third-order valence-corrected chi connectivity index (χ3v) is 3.58. The normalized spacial score (nSPS) is 11.3. The molecule has 0 fully saturated rings. The average Bonchev–Trinajstić information content (AvgIpc) is 2.43. The van der Waals surface area contributed by atoms with Crippen molar-refractivity contribution in [1.82, 2.24) is 0 Å². The number of ether oxygens (including phenoxy) is 1. The Hall–Kier alpha value is -1.55. The number of carbonyl (C=O) groups is 1. The molecule has 1 N–H and O–H groups in total. The highest BCUT2D eigenvalue weighted by Crippen LogP contribution is 2.11. The first-order valence-electron chi connectivity index (χ1n) is 7.18. The molecule has 0 bridgehead atoms. The number of nitrogens with zero attached hydrogens (tertiary/aromatic N) is 1. The number of hydrogen-bond acceptors (Lipinski definition) is 3. The Morgan fingerprint density at radius 1 is 1.25 bits per heavy atom. The van der Waals surface area contributed by atoms with Gasteiger partial charge in [0.25, 0.3) is 0 Å². The topological polar surface area (TPSA) is 46.5 Å². The Labute approximate surface area is 121 Å². The number of aromatic hydroxyl groups is 1. The van der Waals surface area contributed by atoms with Crippen molar-refractivity contribution < 1.29 is 19.1 Å². The van der Waals surface area contributed by atoms with E-state index >= 15 is 0 Å². The van der Waals surface area contributed by atoms with Gasteiger partial charge in [-0.15, -0.1) is 0 Å². The second-order valence-electron chi connectivity index (χ2n) is 5.72. The SMILES string of the molecule is CC[N+](C)(C)CCCOC(=O)CCc1ccc(O)cc1. The van der Waals surface area contributed by atoms with Crippen LogP contribution < -0.4 is 0 Å². The summed E-state index contributed by atoms with van der Waals surface area (Å²) in [5.41, 5.74) is 1.03. The van der Waals surface area contributed by atoms with Gasteiger partial charge in [0, 0.05) is 12.8 Å². The highest BCUT2D eigenvalue weighted by molar-refractivity contribution is 5.69. The van der Waals surface area contributed by atoms with E-state index in [1.54, 1.807) is 12.1 Å². The van der Waals surface area contributed by atoms with Gasteiger partial charge in [-0.25, -0.2) is 0 Å². The summed E-state index contributed by atoms with van der Waals surface area (Å²) in [5.74, 6) is 0.0906. The van der Waals surface area contributed by atoms with Gasteiger partial charge >= 0.3 is 5.97 Å². The predicted octanol–water partition coefficient (Wildman–Crippen LogP) is 2.35. The molecule has 0 spiro atoms. The van der Waals surface area contributed by atoms with Crippen molar-refractivity contribution in [2.45, 2.75) is 26.2 Å². The molecule has 0 unspecified atom stereocenters. The fourth-order valence-corrected chi connectivity index (χ4v) is 1.82. The summed E-state index contributed by atoms with van der Waals surface area (Å²) >= 11 is 0. The van der Waals surface area contributed by atoms with Gasteiger partial charge in [-0.3, -0.25) is 4.79 Å². The van der Waals surface area contributed by atoms with Gasteiger partial charge in [0.1, 0.15) is 5.75 Å². The van der Waals surface area contributed by atoms with Crippen LogP contribution in [-0.4, -0.2) is 49.4 Å². The van der Waals surface area contributed by atoms with Crippen molar-refractivity contribution in [1.29, 1.82) is 0 Å². The standard InChI is InChI=1S/C16H25NO3/c1-4-17(2,3)12-5-13-20-16(19)11-8-14-6-9-15(18)10-7-14/h6-7,9-10H,4-5,8,11-13H2,1-3H3/p+1. The molecular weight excluding hydrogens is 254 g/mol. The average molecular weight is 280 g/mol. The van der Waals surface area contributed by atoms with E-state index in [0.717, 1.165) is 29.6 Å². The van der Waals surface area contributed by atoms with Gasteiger partial charge < -0.3 is 14.3 Å². The molecule has 0 aromatic heterocycles. The number of quaternary nitrogens is 1. The maximum absolute atomic E-state index is 11.6. The number of hydrogen-bond donors (Lipinski definition) is 1. The molecule has 0 aliphatic heterocycles. The van der Waals surface area contributed by atoms with Crippen LogP contribution in [0.4, 0.5) is 0 Å². The van der Waals surface area contributed by atoms with Crippen molar-refractivity contribution in [3.8, 4) is 5.75 Å². The number of carbonyl (C=O) groups excluding carboxylic acids is 1. The zero-order valence-corrected chi connectivity index (χ0v) is 12.8. The van der Waals surface area contributed by atoms with Crippen LogP contribution in [0.15, 0.2) is 24.3 Å². The molecule has 0 atom stereocenters. The van der Waals surface area contributed by atoms with E-state index < -0.39 is 0 Å². The Morgan fingerprint density at radius 3 is 2.50 bits per heavy atom. The van der Waals surface area contributed by atoms with Gasteiger partial charge in [0.2, 0.25) is 0 Å². The zero-order chi connectivity index (χ0) is 15.0. The lowest BCUT2D eigenvalue weighted by Crippen LogP contribution is -2.40. The third kappa shape index (κ3) is 6.57. The molecule has 4 heteroatoms. The molecule has 4 nitrogen and oxygen atoms in total. The Balaban J connectivity index is 2.16. The second kappa shape index (κ2) is 7.90. The van der Waals surface area contributed by atoms with Crippen molar-refractivity contribution >= 4 is 5.97 Å². The molecule has 112 valence electrons. The number of benzene rings is 1. The number of phenols is 1. The fourth-order valence-electron chi connectivity index (χ4n) is 1.82. The zero-order valence-electron chi connectivity index (χ0n) is 12.8. The van der Waals surface area contributed by atoms with E-state index in [2.05, 4.69) is 21.0 Å². The highest BCUT2D eigenvalue weighted by atomic mass is 16.5. The fraction of sp³-hybridized carbons (Fsp3) is 0.562. The molecular formula is C16H26NO3+. The summed E-state index contributed by atoms with van der Waals surface area (Å²) in [5, 5.41) is 9.17. The van der Waals surface area contributed by atoms with E-state index in [9.17, 15) is 9.90 Å². The summed E-state index contributed by atoms with van der Waals surface area (Å²) < 4.78 is 6.18. The second-order valence-corrected chi connectivity index (χ2v) is 5.72. The van der Waals surface area contributed by atoms with Gasteiger partial charge in [0.15, 0.2) is 0 Å². The quantitative estimate of drug-likeness (QED) is 0.452. The highest BCUT2D eigenvalue weighted by Gasteiger charge is 2.11. The van der Waals surface area contributed by atoms with Gasteiger partial charge in [-0.2, -0.15) is 0 Å². The molecule has 1 rings (SSSR count). The van der Waals surface area contributed by atoms with Crippen LogP contribution in [0.3, 0.4) is 0 Å². The molecule has 0 saturated heterocycles. The number of rotatable bonds is 8. The van der Waals surface area contributed by atoms with Gasteiger partial charge in [0.05, 0.1) is 33.8 Å². The molecule has 0 aliphatic rings. The first kappa shape index (κ1) is 16.5. The van der Waals surface area contributed by atoms with E-state index in [1.807, 2.05) is 12.1 Å². The van der Waals surface area contributed by atoms with Gasteiger partial charge in [-0.1, -0.05) is 12.1 Å². The van der Waals surface area contributed by atoms with Crippen molar-refractivity contribution in [2.75, 3.05) is 33.8 Å². The van der Waals surface area contributed by atoms with E-state index in [1.165, 1.54) is 0 Å². The van der Waals surface area contributed by atoms with Crippen molar-refractivity contribution in [3.63, 3.8) is 0 Å². The van der Waals surface area contributed by atoms with Crippen LogP contribution in [0.25, 0.3) is 0 Å². The number of esters is 1. The van der Waals surface area contributed by atoms with Crippen molar-refractivity contribution in [3.05, 3.63) is 29.8 Å². The first-order chi connectivity index (χ1) is 9.43. The number of aryl methyl sites for hydroxylation is 1. The summed E-state index contributed by atoms with van der Waals surface area (Å²) in [4.78, 5) is 11.6. The largest absolute Gasteiger partial charge is 0.508 e. The molecule has 0 radical (unpaired) electrons. The van der Waals surface area contributed by atoms with Crippen molar-refractivity contribution in [2.24, 2.45) is 0 Å². The monoisotopic (exact) mass is 280 g/mol. The minimum atomic E-state index is -0.153. The molecule has 0 amide bonds. The Kier molecular flexibility index (Phi) is 6.52. The van der Waals surface area contributed by atoms with Crippen LogP contribution in [0.5, 0.6) is 5.75 Å². The van der Waals surface area contributed by atoms with Crippen LogP contribution in [0, 0.1) is 0 Å². The van der Waals surface area contributed by atoms with Crippen LogP contribution in [0.1, 0.15) is 25.3 Å². The Morgan fingerprint density at radius 2 is 1.90 bits per heavy atom. The smallest absolute Gasteiger partial charge is 0.306 e. The molecule has 20 heavy (non-hydrogen) atoms. The lowest BCUT2D eigenvalue weighted by Gasteiger charge is -2.27. The minimum absolute atomic E-state index is 0.153. The Bertz CT molecular complexity index is 412. The molecule has 1 aromatic carbocycles.